The predicted molar refractivity (Wildman–Crippen MR) is 39.5 cm³/mol. The molecule has 0 radical (unpaired) electrons. The monoisotopic (exact) mass is 152 g/mol. The second-order valence-corrected chi connectivity index (χ2v) is 2.01. The highest BCUT2D eigenvalue weighted by Crippen LogP contribution is 1.92. The zero-order chi connectivity index (χ0) is 6.57. The molecule has 0 aromatic carbocycles. The highest BCUT2D eigenvalue weighted by Gasteiger charge is 2.09. The Morgan fingerprint density at radius 1 is 1.62 bits per heavy atom. The molecule has 0 fully saturated rings. The van der Waals surface area contributed by atoms with Crippen LogP contribution in [0.2, 0.25) is 0 Å². The quantitative estimate of drug-likeness (QED) is 0.382. The van der Waals surface area contributed by atoms with Gasteiger partial charge in [-0.05, 0) is 0 Å². The maximum atomic E-state index is 8.70. The summed E-state index contributed by atoms with van der Waals surface area (Å²) in [5.41, 5.74) is 0. The Morgan fingerprint density at radius 3 is 2.25 bits per heavy atom. The van der Waals surface area contributed by atoms with Gasteiger partial charge in [-0.3, -0.25) is 0 Å². The van der Waals surface area contributed by atoms with Crippen molar-refractivity contribution in [3.05, 3.63) is 0 Å². The molecule has 4 heteroatoms. The summed E-state index contributed by atoms with van der Waals surface area (Å²) in [5, 5.41) is 18.5. The third kappa shape index (κ3) is 2.61. The third-order valence-corrected chi connectivity index (χ3v) is 1.37. The number of rotatable bonds is 3. The first-order valence-corrected chi connectivity index (χ1v) is 3.25. The van der Waals surface area contributed by atoms with Crippen molar-refractivity contribution in [1.29, 1.82) is 0 Å². The van der Waals surface area contributed by atoms with E-state index in [0.29, 0.717) is 0 Å². The Morgan fingerprint density at radius 2 is 2.12 bits per heavy atom. The summed E-state index contributed by atoms with van der Waals surface area (Å²) < 4.78 is 0. The summed E-state index contributed by atoms with van der Waals surface area (Å²) in [6.07, 6.45) is -1.74. The fraction of sp³-hybridized carbons (Fsp3) is 0.750. The van der Waals surface area contributed by atoms with Crippen molar-refractivity contribution < 1.29 is 10.2 Å². The molecule has 2 nitrogen and oxygen atoms in total. The first-order valence-electron chi connectivity index (χ1n) is 2.14. The summed E-state index contributed by atoms with van der Waals surface area (Å²) in [7, 11) is 0. The summed E-state index contributed by atoms with van der Waals surface area (Å²) in [6.45, 7) is 0. The van der Waals surface area contributed by atoms with E-state index >= 15 is 0 Å². The smallest absolute Gasteiger partial charge is 0.109 e. The van der Waals surface area contributed by atoms with Crippen molar-refractivity contribution in [1.82, 2.24) is 0 Å². The molecule has 0 amide bonds. The van der Waals surface area contributed by atoms with Gasteiger partial charge in [-0.1, -0.05) is 12.2 Å². The van der Waals surface area contributed by atoms with Crippen molar-refractivity contribution in [3.63, 3.8) is 0 Å². The largest absolute Gasteiger partial charge is 0.389 e. The van der Waals surface area contributed by atoms with Crippen LogP contribution in [0.5, 0.6) is 0 Å². The average Bonchev–Trinajstić information content (AvgIpc) is 1.84. The van der Waals surface area contributed by atoms with Gasteiger partial charge in [0.05, 0.1) is 6.10 Å². The molecule has 8 heavy (non-hydrogen) atoms. The van der Waals surface area contributed by atoms with Gasteiger partial charge in [0.1, 0.15) is 6.10 Å². The number of thiocarbonyl (C=S) groups is 1. The van der Waals surface area contributed by atoms with Crippen LogP contribution in [0.4, 0.5) is 0 Å². The van der Waals surface area contributed by atoms with Gasteiger partial charge in [-0.2, -0.15) is 12.6 Å². The van der Waals surface area contributed by atoms with Gasteiger partial charge >= 0.3 is 0 Å². The van der Waals surface area contributed by atoms with Crippen LogP contribution >= 0.6 is 24.8 Å². The second-order valence-electron chi connectivity index (χ2n) is 1.38. The van der Waals surface area contributed by atoms with Crippen LogP contribution in [-0.4, -0.2) is 33.5 Å². The van der Waals surface area contributed by atoms with E-state index < -0.39 is 12.2 Å². The predicted octanol–water partition coefficient (Wildman–Crippen LogP) is -0.362. The van der Waals surface area contributed by atoms with E-state index in [9.17, 15) is 0 Å². The van der Waals surface area contributed by atoms with Crippen LogP contribution in [0, 0.1) is 0 Å². The summed E-state index contributed by atoms with van der Waals surface area (Å²) >= 11 is 8.08. The van der Waals surface area contributed by atoms with Crippen LogP contribution in [0.3, 0.4) is 0 Å². The highest BCUT2D eigenvalue weighted by atomic mass is 32.1. The lowest BCUT2D eigenvalue weighted by atomic mass is 10.3. The van der Waals surface area contributed by atoms with Gasteiger partial charge in [-0.15, -0.1) is 0 Å². The zero-order valence-electron chi connectivity index (χ0n) is 4.19. The van der Waals surface area contributed by atoms with Crippen molar-refractivity contribution in [2.45, 2.75) is 12.2 Å². The van der Waals surface area contributed by atoms with Crippen LogP contribution in [0.1, 0.15) is 0 Å². The molecule has 0 saturated carbocycles. The van der Waals surface area contributed by atoms with E-state index in [0.717, 1.165) is 5.37 Å². The number of aliphatic hydroxyl groups is 2. The SMILES string of the molecule is O[C@@H](C=S)[C@@H](O)CS. The fourth-order valence-electron chi connectivity index (χ4n) is 0.199. The summed E-state index contributed by atoms with van der Waals surface area (Å²) in [6, 6.07) is 0. The van der Waals surface area contributed by atoms with Crippen LogP contribution in [0.15, 0.2) is 0 Å². The third-order valence-electron chi connectivity index (χ3n) is 0.721. The van der Waals surface area contributed by atoms with E-state index in [2.05, 4.69) is 24.8 Å². The molecule has 0 aliphatic rings. The fourth-order valence-corrected chi connectivity index (χ4v) is 0.596. The lowest BCUT2D eigenvalue weighted by Gasteiger charge is -2.08. The maximum Gasteiger partial charge on any atom is 0.109 e. The van der Waals surface area contributed by atoms with Gasteiger partial charge in [-0.25, -0.2) is 0 Å². The number of hydrogen-bond acceptors (Lipinski definition) is 4. The van der Waals surface area contributed by atoms with E-state index in [1.165, 1.54) is 0 Å². The van der Waals surface area contributed by atoms with Crippen LogP contribution in [-0.2, 0) is 0 Å². The molecule has 0 rings (SSSR count). The van der Waals surface area contributed by atoms with Crippen molar-refractivity contribution in [2.24, 2.45) is 0 Å². The summed E-state index contributed by atoms with van der Waals surface area (Å²) in [5.74, 6) is 0.230. The standard InChI is InChI=1S/C4H8O2S2/c5-3(1-7)4(6)2-8/h1,3-6,8H,2H2/t3-,4-/m0/s1. The Labute approximate surface area is 58.9 Å². The van der Waals surface area contributed by atoms with E-state index in [-0.39, 0.29) is 5.75 Å². The molecule has 0 aliphatic carbocycles. The number of aliphatic hydroxyl groups excluding tert-OH is 2. The topological polar surface area (TPSA) is 40.5 Å². The van der Waals surface area contributed by atoms with Gasteiger partial charge in [0.15, 0.2) is 0 Å². The molecule has 0 heterocycles. The molecule has 0 unspecified atom stereocenters. The molecule has 0 aromatic rings. The molecule has 0 spiro atoms. The van der Waals surface area contributed by atoms with Crippen molar-refractivity contribution in [3.8, 4) is 0 Å². The Bertz CT molecular complexity index is 76.4. The molecular weight excluding hydrogens is 144 g/mol. The van der Waals surface area contributed by atoms with Gasteiger partial charge < -0.3 is 10.2 Å². The Hall–Kier alpha value is 0.360. The molecule has 2 N–H and O–H groups in total. The average molecular weight is 152 g/mol. The molecule has 0 aliphatic heterocycles. The zero-order valence-corrected chi connectivity index (χ0v) is 5.90. The molecule has 0 bridgehead atoms. The van der Waals surface area contributed by atoms with E-state index in [1.807, 2.05) is 0 Å². The molecule has 2 atom stereocenters. The van der Waals surface area contributed by atoms with Crippen LogP contribution in [0.25, 0.3) is 0 Å². The first-order chi connectivity index (χ1) is 3.72. The van der Waals surface area contributed by atoms with Crippen LogP contribution < -0.4 is 0 Å². The van der Waals surface area contributed by atoms with Gasteiger partial charge in [0.25, 0.3) is 0 Å². The minimum atomic E-state index is -0.914. The number of hydrogen-bond donors (Lipinski definition) is 3. The normalized spacial score (nSPS) is 17.4. The minimum Gasteiger partial charge on any atom is -0.389 e. The molecule has 48 valence electrons. The van der Waals surface area contributed by atoms with Crippen molar-refractivity contribution >= 4 is 30.2 Å². The second kappa shape index (κ2) is 4.26. The highest BCUT2D eigenvalue weighted by molar-refractivity contribution is 7.80. The molecule has 0 aromatic heterocycles. The van der Waals surface area contributed by atoms with Gasteiger partial charge in [0.2, 0.25) is 0 Å². The van der Waals surface area contributed by atoms with Crippen molar-refractivity contribution in [2.75, 3.05) is 5.75 Å². The number of thiol groups is 1. The van der Waals surface area contributed by atoms with E-state index in [1.54, 1.807) is 0 Å². The lowest BCUT2D eigenvalue weighted by Crippen LogP contribution is -2.27. The van der Waals surface area contributed by atoms with Gasteiger partial charge in [0, 0.05) is 11.1 Å². The Balaban J connectivity index is 3.44. The minimum absolute atomic E-state index is 0.230. The summed E-state index contributed by atoms with van der Waals surface area (Å²) in [4.78, 5) is 0. The molecular formula is C4H8O2S2. The lowest BCUT2D eigenvalue weighted by molar-refractivity contribution is 0.0813. The van der Waals surface area contributed by atoms with E-state index in [4.69, 9.17) is 10.2 Å². The molecule has 0 saturated heterocycles. The Kier molecular flexibility index (Phi) is 4.45. The first kappa shape index (κ1) is 8.36. The maximum absolute atomic E-state index is 8.70.